The molecule has 4 aromatic rings. The van der Waals surface area contributed by atoms with Gasteiger partial charge in [-0.2, -0.15) is 4.98 Å². The molecule has 0 spiro atoms. The lowest BCUT2D eigenvalue weighted by molar-refractivity contribution is 0.0372. The highest BCUT2D eigenvalue weighted by atomic mass is 35.5. The topological polar surface area (TPSA) is 97.5 Å². The standard InChI is InChI=1S/C24H20Cl2N6O2/c25-18-7-4-8-19(26)20(18)17-13-15-14-28-24(30-23(15)29-21(17)22(27)33)32(16-5-2-1-3-6-16)31-9-11-34-12-10-31/h1-8,13-14H,9-12H2,(H2,27,33). The first-order chi connectivity index (χ1) is 16.5. The number of pyridine rings is 1. The molecule has 2 N–H and O–H groups in total. The number of benzene rings is 2. The van der Waals surface area contributed by atoms with E-state index >= 15 is 0 Å². The van der Waals surface area contributed by atoms with Crippen LogP contribution >= 0.6 is 23.2 Å². The second-order valence-electron chi connectivity index (χ2n) is 7.64. The average molecular weight is 495 g/mol. The largest absolute Gasteiger partial charge is 0.379 e. The van der Waals surface area contributed by atoms with Gasteiger partial charge in [0.2, 0.25) is 5.95 Å². The average Bonchev–Trinajstić information content (AvgIpc) is 2.85. The lowest BCUT2D eigenvalue weighted by Crippen LogP contribution is -2.47. The molecule has 1 aliphatic rings. The molecule has 1 fully saturated rings. The monoisotopic (exact) mass is 494 g/mol. The van der Waals surface area contributed by atoms with Gasteiger partial charge in [-0.3, -0.25) is 4.79 Å². The van der Waals surface area contributed by atoms with Crippen molar-refractivity contribution in [3.05, 3.63) is 76.5 Å². The van der Waals surface area contributed by atoms with Gasteiger partial charge in [-0.1, -0.05) is 47.5 Å². The summed E-state index contributed by atoms with van der Waals surface area (Å²) in [5.74, 6) is -0.284. The molecule has 1 aliphatic heterocycles. The number of halogens is 2. The van der Waals surface area contributed by atoms with Crippen molar-refractivity contribution < 1.29 is 9.53 Å². The Hall–Kier alpha value is -3.30. The van der Waals surface area contributed by atoms with Crippen LogP contribution in [0.3, 0.4) is 0 Å². The van der Waals surface area contributed by atoms with Crippen LogP contribution in [0.1, 0.15) is 10.5 Å². The number of para-hydroxylation sites is 1. The molecule has 5 rings (SSSR count). The minimum Gasteiger partial charge on any atom is -0.379 e. The Bertz CT molecular complexity index is 1340. The molecule has 8 nitrogen and oxygen atoms in total. The highest BCUT2D eigenvalue weighted by Gasteiger charge is 2.24. The fourth-order valence-electron chi connectivity index (χ4n) is 3.92. The molecule has 172 valence electrons. The van der Waals surface area contributed by atoms with Gasteiger partial charge in [-0.15, -0.1) is 0 Å². The highest BCUT2D eigenvalue weighted by Crippen LogP contribution is 2.37. The number of primary amides is 1. The molecule has 0 radical (unpaired) electrons. The van der Waals surface area contributed by atoms with Crippen molar-refractivity contribution in [3.63, 3.8) is 0 Å². The number of hydrogen-bond donors (Lipinski definition) is 1. The van der Waals surface area contributed by atoms with E-state index in [4.69, 9.17) is 38.7 Å². The van der Waals surface area contributed by atoms with E-state index in [0.29, 0.717) is 64.5 Å². The van der Waals surface area contributed by atoms with E-state index in [9.17, 15) is 4.79 Å². The van der Waals surface area contributed by atoms with E-state index in [1.165, 1.54) is 0 Å². The zero-order chi connectivity index (χ0) is 23.7. The number of carbonyl (C=O) groups excluding carboxylic acids is 1. The summed E-state index contributed by atoms with van der Waals surface area (Å²) < 4.78 is 5.51. The summed E-state index contributed by atoms with van der Waals surface area (Å²) in [4.78, 5) is 26.2. The molecule has 1 amide bonds. The van der Waals surface area contributed by atoms with Gasteiger partial charge in [-0.05, 0) is 30.3 Å². The maximum atomic E-state index is 12.3. The smallest absolute Gasteiger partial charge is 0.268 e. The normalized spacial score (nSPS) is 14.3. The van der Waals surface area contributed by atoms with E-state index in [0.717, 1.165) is 5.69 Å². The molecule has 34 heavy (non-hydrogen) atoms. The molecule has 3 heterocycles. The molecular weight excluding hydrogens is 475 g/mol. The van der Waals surface area contributed by atoms with Gasteiger partial charge in [0.1, 0.15) is 5.69 Å². The van der Waals surface area contributed by atoms with E-state index in [2.05, 4.69) is 15.0 Å². The Labute approximate surface area is 205 Å². The van der Waals surface area contributed by atoms with Crippen LogP contribution in [0.15, 0.2) is 60.8 Å². The molecule has 0 bridgehead atoms. The van der Waals surface area contributed by atoms with E-state index in [1.54, 1.807) is 30.5 Å². The number of hydrazine groups is 1. The summed E-state index contributed by atoms with van der Waals surface area (Å²) in [6, 6.07) is 16.7. The third-order valence-electron chi connectivity index (χ3n) is 5.48. The minimum absolute atomic E-state index is 0.0322. The first-order valence-electron chi connectivity index (χ1n) is 10.6. The van der Waals surface area contributed by atoms with Crippen LogP contribution in [0.2, 0.25) is 10.0 Å². The van der Waals surface area contributed by atoms with Crippen LogP contribution in [-0.2, 0) is 4.74 Å². The predicted octanol–water partition coefficient (Wildman–Crippen LogP) is 4.48. The highest BCUT2D eigenvalue weighted by molar-refractivity contribution is 6.39. The van der Waals surface area contributed by atoms with Crippen LogP contribution in [-0.4, -0.2) is 52.2 Å². The number of rotatable bonds is 5. The van der Waals surface area contributed by atoms with Crippen molar-refractivity contribution >= 4 is 51.8 Å². The van der Waals surface area contributed by atoms with Crippen LogP contribution in [0, 0.1) is 0 Å². The van der Waals surface area contributed by atoms with Gasteiger partial charge in [0, 0.05) is 45.8 Å². The summed E-state index contributed by atoms with van der Waals surface area (Å²) in [5, 5.41) is 5.45. The number of anilines is 2. The molecule has 2 aromatic carbocycles. The zero-order valence-corrected chi connectivity index (χ0v) is 19.5. The molecule has 0 unspecified atom stereocenters. The van der Waals surface area contributed by atoms with Crippen molar-refractivity contribution in [2.45, 2.75) is 0 Å². The summed E-state index contributed by atoms with van der Waals surface area (Å²) in [6.45, 7) is 2.56. The summed E-state index contributed by atoms with van der Waals surface area (Å²) in [6.07, 6.45) is 1.67. The van der Waals surface area contributed by atoms with Crippen LogP contribution in [0.5, 0.6) is 0 Å². The van der Waals surface area contributed by atoms with E-state index in [1.807, 2.05) is 35.3 Å². The Morgan fingerprint density at radius 3 is 2.38 bits per heavy atom. The van der Waals surface area contributed by atoms with Gasteiger partial charge in [0.25, 0.3) is 5.91 Å². The van der Waals surface area contributed by atoms with E-state index in [-0.39, 0.29) is 5.69 Å². The number of nitrogens with zero attached hydrogens (tertiary/aromatic N) is 5. The van der Waals surface area contributed by atoms with Crippen molar-refractivity contribution in [3.8, 4) is 11.1 Å². The lowest BCUT2D eigenvalue weighted by atomic mass is 10.0. The first-order valence-corrected chi connectivity index (χ1v) is 11.4. The number of morpholine rings is 1. The summed E-state index contributed by atoms with van der Waals surface area (Å²) in [5.41, 5.74) is 7.87. The van der Waals surface area contributed by atoms with Gasteiger partial charge < -0.3 is 10.5 Å². The summed E-state index contributed by atoms with van der Waals surface area (Å²) in [7, 11) is 0. The molecule has 0 atom stereocenters. The SMILES string of the molecule is NC(=O)c1nc2nc(N(c3ccccc3)N3CCOCC3)ncc2cc1-c1c(Cl)cccc1Cl. The number of fused-ring (bicyclic) bond motifs is 1. The van der Waals surface area contributed by atoms with Crippen LogP contribution in [0.25, 0.3) is 22.2 Å². The number of amides is 1. The third kappa shape index (κ3) is 4.28. The van der Waals surface area contributed by atoms with E-state index < -0.39 is 5.91 Å². The second kappa shape index (κ2) is 9.52. The van der Waals surface area contributed by atoms with Crippen molar-refractivity contribution in [2.75, 3.05) is 31.3 Å². The Morgan fingerprint density at radius 2 is 1.71 bits per heavy atom. The number of ether oxygens (including phenoxy) is 1. The third-order valence-corrected chi connectivity index (χ3v) is 6.11. The maximum Gasteiger partial charge on any atom is 0.268 e. The Kier molecular flexibility index (Phi) is 6.30. The first kappa shape index (κ1) is 22.5. The van der Waals surface area contributed by atoms with Crippen LogP contribution in [0.4, 0.5) is 11.6 Å². The number of hydrogen-bond acceptors (Lipinski definition) is 7. The molecular formula is C24H20Cl2N6O2. The molecule has 0 saturated carbocycles. The summed E-state index contributed by atoms with van der Waals surface area (Å²) >= 11 is 12.8. The Balaban J connectivity index is 1.66. The fourth-order valence-corrected chi connectivity index (χ4v) is 4.52. The van der Waals surface area contributed by atoms with Crippen LogP contribution < -0.4 is 10.7 Å². The Morgan fingerprint density at radius 1 is 1.00 bits per heavy atom. The predicted molar refractivity (Wildman–Crippen MR) is 132 cm³/mol. The fraction of sp³-hybridized carbons (Fsp3) is 0.167. The van der Waals surface area contributed by atoms with Crippen molar-refractivity contribution in [1.82, 2.24) is 20.0 Å². The van der Waals surface area contributed by atoms with Gasteiger partial charge >= 0.3 is 0 Å². The van der Waals surface area contributed by atoms with Crippen molar-refractivity contribution in [2.24, 2.45) is 5.73 Å². The quantitative estimate of drug-likeness (QED) is 0.436. The molecule has 1 saturated heterocycles. The number of aromatic nitrogens is 3. The molecule has 0 aliphatic carbocycles. The number of nitrogens with two attached hydrogens (primary N) is 1. The zero-order valence-electron chi connectivity index (χ0n) is 18.0. The van der Waals surface area contributed by atoms with Gasteiger partial charge in [0.05, 0.1) is 18.9 Å². The van der Waals surface area contributed by atoms with Gasteiger partial charge in [0.15, 0.2) is 5.65 Å². The minimum atomic E-state index is -0.707. The van der Waals surface area contributed by atoms with Crippen molar-refractivity contribution in [1.29, 1.82) is 0 Å². The number of carbonyl (C=O) groups is 1. The second-order valence-corrected chi connectivity index (χ2v) is 8.46. The van der Waals surface area contributed by atoms with Gasteiger partial charge in [-0.25, -0.2) is 20.0 Å². The maximum absolute atomic E-state index is 12.3. The molecule has 2 aromatic heterocycles. The lowest BCUT2D eigenvalue weighted by Gasteiger charge is -2.37. The molecule has 10 heteroatoms.